The van der Waals surface area contributed by atoms with Crippen molar-refractivity contribution in [3.05, 3.63) is 48.4 Å². The zero-order valence-corrected chi connectivity index (χ0v) is 16.9. The Morgan fingerprint density at radius 3 is 2.45 bits per heavy atom. The van der Waals surface area contributed by atoms with E-state index in [4.69, 9.17) is 9.15 Å². The fourth-order valence-electron chi connectivity index (χ4n) is 2.57. The minimum atomic E-state index is -0.285. The van der Waals surface area contributed by atoms with E-state index in [9.17, 15) is 14.4 Å². The summed E-state index contributed by atoms with van der Waals surface area (Å²) in [5.74, 6) is 0.617. The number of likely N-dealkylation sites (N-methyl/N-ethyl adjacent to an activating group) is 2. The molecule has 29 heavy (non-hydrogen) atoms. The van der Waals surface area contributed by atoms with Gasteiger partial charge < -0.3 is 29.6 Å². The van der Waals surface area contributed by atoms with Gasteiger partial charge in [0, 0.05) is 12.7 Å². The third-order valence-corrected chi connectivity index (χ3v) is 4.14. The Kier molecular flexibility index (Phi) is 8.23. The first-order valence-electron chi connectivity index (χ1n) is 9.15. The number of rotatable bonds is 10. The van der Waals surface area contributed by atoms with Gasteiger partial charge in [-0.25, -0.2) is 0 Å². The van der Waals surface area contributed by atoms with E-state index in [1.54, 1.807) is 57.6 Å². The van der Waals surface area contributed by atoms with Gasteiger partial charge in [0.25, 0.3) is 11.8 Å². The van der Waals surface area contributed by atoms with Gasteiger partial charge >= 0.3 is 0 Å². The molecule has 2 aromatic rings. The highest BCUT2D eigenvalue weighted by atomic mass is 16.5. The fraction of sp³-hybridized carbons (Fsp3) is 0.350. The molecule has 0 spiro atoms. The zero-order valence-electron chi connectivity index (χ0n) is 16.9. The van der Waals surface area contributed by atoms with Crippen LogP contribution in [-0.4, -0.2) is 63.5 Å². The van der Waals surface area contributed by atoms with Crippen LogP contribution < -0.4 is 20.3 Å². The molecular formula is C20H27N4O5+. The van der Waals surface area contributed by atoms with Gasteiger partial charge in [-0.1, -0.05) is 0 Å². The molecule has 0 aliphatic carbocycles. The summed E-state index contributed by atoms with van der Waals surface area (Å²) in [4.78, 5) is 38.4. The SMILES string of the molecule is COc1ccc(NC(=O)C[NH+](C)CC(=O)N(C)CC(=O)NCc2ccco2)cc1. The molecule has 0 saturated carbocycles. The normalized spacial score (nSPS) is 11.4. The van der Waals surface area contributed by atoms with E-state index in [0.717, 1.165) is 0 Å². The van der Waals surface area contributed by atoms with Crippen LogP contribution in [0.1, 0.15) is 5.76 Å². The fourth-order valence-corrected chi connectivity index (χ4v) is 2.57. The number of nitrogens with one attached hydrogen (secondary N) is 3. The largest absolute Gasteiger partial charge is 0.497 e. The monoisotopic (exact) mass is 403 g/mol. The smallest absolute Gasteiger partial charge is 0.279 e. The number of quaternary nitrogens is 1. The molecule has 0 aliphatic heterocycles. The number of carbonyl (C=O) groups excluding carboxylic acids is 3. The van der Waals surface area contributed by atoms with Crippen molar-refractivity contribution in [3.63, 3.8) is 0 Å². The molecular weight excluding hydrogens is 376 g/mol. The van der Waals surface area contributed by atoms with Crippen LogP contribution in [-0.2, 0) is 20.9 Å². The number of anilines is 1. The van der Waals surface area contributed by atoms with Gasteiger partial charge in [0.2, 0.25) is 5.91 Å². The number of carbonyl (C=O) groups is 3. The standard InChI is InChI=1S/C20H26N4O5/c1-23(12-19(26)22-15-6-8-16(28-3)9-7-15)14-20(27)24(2)13-18(25)21-11-17-5-4-10-29-17/h4-10H,11-14H2,1-3H3,(H,21,25)(H,22,26)/p+1. The molecule has 9 nitrogen and oxygen atoms in total. The van der Waals surface area contributed by atoms with Gasteiger partial charge in [-0.15, -0.1) is 0 Å². The van der Waals surface area contributed by atoms with Crippen LogP contribution in [0.2, 0.25) is 0 Å². The van der Waals surface area contributed by atoms with E-state index in [0.29, 0.717) is 22.1 Å². The molecule has 1 aromatic heterocycles. The molecule has 156 valence electrons. The third-order valence-electron chi connectivity index (χ3n) is 4.14. The summed E-state index contributed by atoms with van der Waals surface area (Å²) in [6.07, 6.45) is 1.53. The number of furan rings is 1. The molecule has 0 bridgehead atoms. The first-order valence-corrected chi connectivity index (χ1v) is 9.15. The Bertz CT molecular complexity index is 805. The lowest BCUT2D eigenvalue weighted by atomic mass is 10.3. The number of nitrogens with zero attached hydrogens (tertiary/aromatic N) is 1. The van der Waals surface area contributed by atoms with Gasteiger partial charge in [0.05, 0.1) is 33.5 Å². The first kappa shape index (κ1) is 22.0. The second-order valence-corrected chi connectivity index (χ2v) is 6.69. The number of hydrogen-bond donors (Lipinski definition) is 3. The first-order chi connectivity index (χ1) is 13.9. The highest BCUT2D eigenvalue weighted by Gasteiger charge is 2.19. The molecule has 3 N–H and O–H groups in total. The topological polar surface area (TPSA) is 105 Å². The van der Waals surface area contributed by atoms with Gasteiger partial charge in [0.15, 0.2) is 13.1 Å². The molecule has 1 aromatic carbocycles. The quantitative estimate of drug-likeness (QED) is 0.497. The lowest BCUT2D eigenvalue weighted by molar-refractivity contribution is -0.862. The van der Waals surface area contributed by atoms with Gasteiger partial charge in [0.1, 0.15) is 11.5 Å². The van der Waals surface area contributed by atoms with E-state index in [-0.39, 0.29) is 43.9 Å². The van der Waals surface area contributed by atoms with E-state index < -0.39 is 0 Å². The predicted octanol–water partition coefficient (Wildman–Crippen LogP) is -0.484. The van der Waals surface area contributed by atoms with Crippen LogP contribution in [0.5, 0.6) is 5.75 Å². The molecule has 2 rings (SSSR count). The van der Waals surface area contributed by atoms with Crippen LogP contribution in [0.3, 0.4) is 0 Å². The zero-order chi connectivity index (χ0) is 21.2. The van der Waals surface area contributed by atoms with Crippen LogP contribution >= 0.6 is 0 Å². The average Bonchev–Trinajstić information content (AvgIpc) is 3.20. The maximum absolute atomic E-state index is 12.3. The van der Waals surface area contributed by atoms with Crippen molar-refractivity contribution >= 4 is 23.4 Å². The highest BCUT2D eigenvalue weighted by Crippen LogP contribution is 2.14. The van der Waals surface area contributed by atoms with Crippen LogP contribution in [0.15, 0.2) is 47.1 Å². The maximum atomic E-state index is 12.3. The number of ether oxygens (including phenoxy) is 1. The summed E-state index contributed by atoms with van der Waals surface area (Å²) in [6.45, 7) is 0.420. The average molecular weight is 403 g/mol. The van der Waals surface area contributed by atoms with E-state index in [1.165, 1.54) is 11.2 Å². The Hall–Kier alpha value is -3.33. The van der Waals surface area contributed by atoms with Crippen LogP contribution in [0.4, 0.5) is 5.69 Å². The van der Waals surface area contributed by atoms with Gasteiger partial charge in [-0.2, -0.15) is 0 Å². The number of methoxy groups -OCH3 is 1. The van der Waals surface area contributed by atoms with E-state index in [2.05, 4.69) is 10.6 Å². The number of benzene rings is 1. The molecule has 1 unspecified atom stereocenters. The van der Waals surface area contributed by atoms with Crippen molar-refractivity contribution in [3.8, 4) is 5.75 Å². The molecule has 3 amide bonds. The molecule has 0 radical (unpaired) electrons. The lowest BCUT2D eigenvalue weighted by Crippen LogP contribution is -3.11. The van der Waals surface area contributed by atoms with Crippen molar-refractivity contribution < 1.29 is 28.4 Å². The summed E-state index contributed by atoms with van der Waals surface area (Å²) in [5.41, 5.74) is 0.653. The van der Waals surface area contributed by atoms with Gasteiger partial charge in [-0.05, 0) is 36.4 Å². The summed E-state index contributed by atoms with van der Waals surface area (Å²) in [6, 6.07) is 10.5. The Balaban J connectivity index is 1.70. The summed E-state index contributed by atoms with van der Waals surface area (Å²) in [5, 5.41) is 5.46. The molecule has 0 saturated heterocycles. The van der Waals surface area contributed by atoms with E-state index in [1.807, 2.05) is 0 Å². The summed E-state index contributed by atoms with van der Waals surface area (Å²) >= 11 is 0. The molecule has 0 aliphatic rings. The summed E-state index contributed by atoms with van der Waals surface area (Å²) < 4.78 is 10.2. The van der Waals surface area contributed by atoms with E-state index >= 15 is 0 Å². The minimum Gasteiger partial charge on any atom is -0.497 e. The summed E-state index contributed by atoms with van der Waals surface area (Å²) in [7, 11) is 4.87. The second-order valence-electron chi connectivity index (χ2n) is 6.69. The molecule has 1 heterocycles. The van der Waals surface area contributed by atoms with Crippen molar-refractivity contribution in [2.24, 2.45) is 0 Å². The molecule has 1 atom stereocenters. The molecule has 9 heteroatoms. The number of amides is 3. The van der Waals surface area contributed by atoms with Crippen LogP contribution in [0.25, 0.3) is 0 Å². The van der Waals surface area contributed by atoms with Crippen molar-refractivity contribution in [2.75, 3.05) is 46.2 Å². The molecule has 0 fully saturated rings. The maximum Gasteiger partial charge on any atom is 0.279 e. The lowest BCUT2D eigenvalue weighted by Gasteiger charge is -2.19. The Labute approximate surface area is 169 Å². The third kappa shape index (κ3) is 7.67. The van der Waals surface area contributed by atoms with Gasteiger partial charge in [-0.3, -0.25) is 14.4 Å². The highest BCUT2D eigenvalue weighted by molar-refractivity contribution is 5.91. The van der Waals surface area contributed by atoms with Crippen molar-refractivity contribution in [1.82, 2.24) is 10.2 Å². The Morgan fingerprint density at radius 2 is 1.83 bits per heavy atom. The van der Waals surface area contributed by atoms with Crippen molar-refractivity contribution in [2.45, 2.75) is 6.54 Å². The van der Waals surface area contributed by atoms with Crippen molar-refractivity contribution in [1.29, 1.82) is 0 Å². The Morgan fingerprint density at radius 1 is 1.10 bits per heavy atom. The predicted molar refractivity (Wildman–Crippen MR) is 106 cm³/mol. The van der Waals surface area contributed by atoms with Crippen LogP contribution in [0, 0.1) is 0 Å². The number of hydrogen-bond acceptors (Lipinski definition) is 5. The minimum absolute atomic E-state index is 0.0646. The second kappa shape index (κ2) is 10.9.